The van der Waals surface area contributed by atoms with Crippen LogP contribution in [0.1, 0.15) is 39.0 Å². The van der Waals surface area contributed by atoms with E-state index in [1.54, 1.807) is 0 Å². The lowest BCUT2D eigenvalue weighted by Crippen LogP contribution is -2.33. The zero-order valence-corrected chi connectivity index (χ0v) is 9.85. The van der Waals surface area contributed by atoms with Crippen LogP contribution in [0.4, 0.5) is 0 Å². The number of rotatable bonds is 4. The van der Waals surface area contributed by atoms with Crippen LogP contribution in [0, 0.1) is 0 Å². The molecule has 0 N–H and O–H groups in total. The van der Waals surface area contributed by atoms with Gasteiger partial charge in [0.1, 0.15) is 0 Å². The van der Waals surface area contributed by atoms with E-state index in [9.17, 15) is 4.79 Å². The van der Waals surface area contributed by atoms with E-state index in [4.69, 9.17) is 0 Å². The molecule has 0 aromatic rings. The third kappa shape index (κ3) is 3.29. The Kier molecular flexibility index (Phi) is 4.78. The molecule has 0 saturated carbocycles. The fraction of sp³-hybridized carbons (Fsp3) is 0.900. The summed E-state index contributed by atoms with van der Waals surface area (Å²) in [5, 5.41) is 1.01. The van der Waals surface area contributed by atoms with Gasteiger partial charge in [-0.15, -0.1) is 0 Å². The van der Waals surface area contributed by atoms with Crippen LogP contribution in [0.5, 0.6) is 0 Å². The molecule has 1 atom stereocenters. The van der Waals surface area contributed by atoms with E-state index < -0.39 is 0 Å². The lowest BCUT2D eigenvalue weighted by Gasteiger charge is -2.21. The molecule has 0 aliphatic carbocycles. The van der Waals surface area contributed by atoms with Crippen LogP contribution in [0.2, 0.25) is 0 Å². The molecule has 0 spiro atoms. The van der Waals surface area contributed by atoms with Crippen LogP contribution in [0.3, 0.4) is 0 Å². The third-order valence-electron chi connectivity index (χ3n) is 2.65. The first-order chi connectivity index (χ1) is 6.25. The van der Waals surface area contributed by atoms with Gasteiger partial charge in [-0.25, -0.2) is 0 Å². The molecule has 1 aliphatic heterocycles. The van der Waals surface area contributed by atoms with Crippen molar-refractivity contribution in [2.75, 3.05) is 11.9 Å². The summed E-state index contributed by atoms with van der Waals surface area (Å²) in [6.07, 6.45) is 5.23. The van der Waals surface area contributed by atoms with Gasteiger partial charge in [0, 0.05) is 24.3 Å². The number of halogens is 1. The molecule has 0 aromatic heterocycles. The molecule has 0 bridgehead atoms. The minimum Gasteiger partial charge on any atom is -0.340 e. The van der Waals surface area contributed by atoms with Gasteiger partial charge in [0.2, 0.25) is 5.91 Å². The van der Waals surface area contributed by atoms with Crippen LogP contribution in [0.25, 0.3) is 0 Å². The predicted octanol–water partition coefficient (Wildman–Crippen LogP) is 2.56. The number of likely N-dealkylation sites (tertiary alicyclic amines) is 1. The smallest absolute Gasteiger partial charge is 0.222 e. The Labute approximate surface area is 88.8 Å². The Morgan fingerprint density at radius 1 is 1.54 bits per heavy atom. The van der Waals surface area contributed by atoms with Crippen molar-refractivity contribution in [3.63, 3.8) is 0 Å². The van der Waals surface area contributed by atoms with Gasteiger partial charge in [-0.05, 0) is 32.6 Å². The summed E-state index contributed by atoms with van der Waals surface area (Å²) >= 11 is 3.37. The molecule has 1 unspecified atom stereocenters. The summed E-state index contributed by atoms with van der Waals surface area (Å²) in [4.78, 5) is 13.7. The molecule has 2 nitrogen and oxygen atoms in total. The summed E-state index contributed by atoms with van der Waals surface area (Å²) in [5.74, 6) is 0.353. The first kappa shape index (κ1) is 11.0. The van der Waals surface area contributed by atoms with Crippen molar-refractivity contribution in [2.24, 2.45) is 0 Å². The van der Waals surface area contributed by atoms with Crippen LogP contribution >= 0.6 is 15.9 Å². The van der Waals surface area contributed by atoms with Crippen molar-refractivity contribution < 1.29 is 4.79 Å². The monoisotopic (exact) mass is 247 g/mol. The molecule has 1 rings (SSSR count). The first-order valence-electron chi connectivity index (χ1n) is 5.11. The van der Waals surface area contributed by atoms with Crippen molar-refractivity contribution >= 4 is 21.8 Å². The second-order valence-electron chi connectivity index (χ2n) is 3.72. The fourth-order valence-corrected chi connectivity index (χ4v) is 2.21. The maximum absolute atomic E-state index is 11.6. The molecule has 1 saturated heterocycles. The van der Waals surface area contributed by atoms with Gasteiger partial charge in [0.15, 0.2) is 0 Å². The largest absolute Gasteiger partial charge is 0.340 e. The highest BCUT2D eigenvalue weighted by Crippen LogP contribution is 2.18. The van der Waals surface area contributed by atoms with Gasteiger partial charge in [0.05, 0.1) is 0 Å². The summed E-state index contributed by atoms with van der Waals surface area (Å²) in [6, 6.07) is 0.483. The Balaban J connectivity index is 2.22. The molecular formula is C10H18BrNO. The summed E-state index contributed by atoms with van der Waals surface area (Å²) in [6.45, 7) is 3.13. The van der Waals surface area contributed by atoms with Crippen molar-refractivity contribution in [3.05, 3.63) is 0 Å². The SMILES string of the molecule is CC1CCCN1C(=O)CCCCBr. The minimum atomic E-state index is 0.353. The Morgan fingerprint density at radius 2 is 2.31 bits per heavy atom. The van der Waals surface area contributed by atoms with Crippen LogP contribution in [-0.4, -0.2) is 28.7 Å². The van der Waals surface area contributed by atoms with E-state index in [1.807, 2.05) is 4.90 Å². The first-order valence-corrected chi connectivity index (χ1v) is 6.23. The van der Waals surface area contributed by atoms with Crippen LogP contribution in [-0.2, 0) is 4.79 Å². The molecule has 3 heteroatoms. The molecule has 13 heavy (non-hydrogen) atoms. The second-order valence-corrected chi connectivity index (χ2v) is 4.52. The minimum absolute atomic E-state index is 0.353. The van der Waals surface area contributed by atoms with Crippen LogP contribution in [0.15, 0.2) is 0 Å². The maximum atomic E-state index is 11.6. The number of nitrogens with zero attached hydrogens (tertiary/aromatic N) is 1. The summed E-state index contributed by atoms with van der Waals surface area (Å²) in [7, 11) is 0. The molecule has 1 aliphatic rings. The van der Waals surface area contributed by atoms with E-state index in [1.165, 1.54) is 12.8 Å². The number of alkyl halides is 1. The quantitative estimate of drug-likeness (QED) is 0.553. The van der Waals surface area contributed by atoms with Gasteiger partial charge < -0.3 is 4.90 Å². The van der Waals surface area contributed by atoms with Gasteiger partial charge in [-0.3, -0.25) is 4.79 Å². The van der Waals surface area contributed by atoms with Crippen molar-refractivity contribution in [3.8, 4) is 0 Å². The van der Waals surface area contributed by atoms with Gasteiger partial charge in [-0.2, -0.15) is 0 Å². The van der Waals surface area contributed by atoms with Crippen molar-refractivity contribution in [1.82, 2.24) is 4.90 Å². The van der Waals surface area contributed by atoms with E-state index in [-0.39, 0.29) is 0 Å². The van der Waals surface area contributed by atoms with E-state index >= 15 is 0 Å². The number of carbonyl (C=O) groups is 1. The highest BCUT2D eigenvalue weighted by atomic mass is 79.9. The topological polar surface area (TPSA) is 20.3 Å². The summed E-state index contributed by atoms with van der Waals surface area (Å²) < 4.78 is 0. The molecule has 76 valence electrons. The lowest BCUT2D eigenvalue weighted by molar-refractivity contribution is -0.131. The normalized spacial score (nSPS) is 22.3. The average Bonchev–Trinajstić information content (AvgIpc) is 2.52. The Bertz CT molecular complexity index is 172. The highest BCUT2D eigenvalue weighted by molar-refractivity contribution is 9.09. The summed E-state index contributed by atoms with van der Waals surface area (Å²) in [5.41, 5.74) is 0. The lowest BCUT2D eigenvalue weighted by atomic mass is 10.2. The second kappa shape index (κ2) is 5.63. The zero-order valence-electron chi connectivity index (χ0n) is 8.26. The van der Waals surface area contributed by atoms with Gasteiger partial charge in [-0.1, -0.05) is 15.9 Å². The standard InChI is InChI=1S/C10H18BrNO/c1-9-5-4-8-12(9)10(13)6-2-3-7-11/h9H,2-8H2,1H3. The molecule has 1 amide bonds. The average molecular weight is 248 g/mol. The fourth-order valence-electron chi connectivity index (χ4n) is 1.82. The van der Waals surface area contributed by atoms with Crippen molar-refractivity contribution in [1.29, 1.82) is 0 Å². The predicted molar refractivity (Wildman–Crippen MR) is 58.1 cm³/mol. The maximum Gasteiger partial charge on any atom is 0.222 e. The van der Waals surface area contributed by atoms with E-state index in [0.29, 0.717) is 11.9 Å². The number of unbranched alkanes of at least 4 members (excludes halogenated alkanes) is 1. The highest BCUT2D eigenvalue weighted by Gasteiger charge is 2.23. The van der Waals surface area contributed by atoms with Gasteiger partial charge >= 0.3 is 0 Å². The van der Waals surface area contributed by atoms with Gasteiger partial charge in [0.25, 0.3) is 0 Å². The number of hydrogen-bond donors (Lipinski definition) is 0. The van der Waals surface area contributed by atoms with Crippen LogP contribution < -0.4 is 0 Å². The molecule has 1 fully saturated rings. The number of carbonyl (C=O) groups excluding carboxylic acids is 1. The van der Waals surface area contributed by atoms with E-state index in [0.717, 1.165) is 31.1 Å². The molecule has 0 radical (unpaired) electrons. The number of hydrogen-bond acceptors (Lipinski definition) is 1. The zero-order chi connectivity index (χ0) is 9.68. The Hall–Kier alpha value is -0.0500. The molecule has 1 heterocycles. The van der Waals surface area contributed by atoms with Crippen molar-refractivity contribution in [2.45, 2.75) is 45.1 Å². The Morgan fingerprint density at radius 3 is 2.85 bits per heavy atom. The number of amides is 1. The third-order valence-corrected chi connectivity index (χ3v) is 3.21. The molecule has 0 aromatic carbocycles. The molecular weight excluding hydrogens is 230 g/mol. The van der Waals surface area contributed by atoms with E-state index in [2.05, 4.69) is 22.9 Å².